The van der Waals surface area contributed by atoms with E-state index in [1.165, 1.54) is 6.20 Å². The number of hydrogen-bond donors (Lipinski definition) is 1. The van der Waals surface area contributed by atoms with Crippen molar-refractivity contribution < 1.29 is 0 Å². The van der Waals surface area contributed by atoms with Crippen LogP contribution >= 0.6 is 0 Å². The molecule has 3 heterocycles. The second-order valence-corrected chi connectivity index (χ2v) is 3.43. The summed E-state index contributed by atoms with van der Waals surface area (Å²) in [5, 5.41) is 15.4. The Morgan fingerprint density at radius 2 is 2.00 bits per heavy atom. The number of aromatic nitrogens is 5. The highest BCUT2D eigenvalue weighted by Crippen LogP contribution is 2.18. The standard InChI is InChI=1S/C11H6N6/c12-2-8-4-15-10(5-13-8)7-1-9-11(14-3-7)6-16-17-9/h1,3-6H,(H,16,17). The van der Waals surface area contributed by atoms with Crippen LogP contribution in [0.4, 0.5) is 0 Å². The van der Waals surface area contributed by atoms with E-state index in [2.05, 4.69) is 25.1 Å². The van der Waals surface area contributed by atoms with Gasteiger partial charge in [-0.15, -0.1) is 0 Å². The van der Waals surface area contributed by atoms with E-state index in [9.17, 15) is 0 Å². The molecule has 3 rings (SSSR count). The Morgan fingerprint density at radius 1 is 1.06 bits per heavy atom. The predicted molar refractivity (Wildman–Crippen MR) is 59.6 cm³/mol. The number of nitrogens with one attached hydrogen (secondary N) is 1. The van der Waals surface area contributed by atoms with Gasteiger partial charge in [-0.2, -0.15) is 10.4 Å². The van der Waals surface area contributed by atoms with Crippen LogP contribution in [0, 0.1) is 11.3 Å². The lowest BCUT2D eigenvalue weighted by atomic mass is 10.2. The molecule has 6 heteroatoms. The molecule has 0 fully saturated rings. The highest BCUT2D eigenvalue weighted by atomic mass is 15.1. The Kier molecular flexibility index (Phi) is 2.02. The number of rotatable bonds is 1. The highest BCUT2D eigenvalue weighted by Gasteiger charge is 2.04. The normalized spacial score (nSPS) is 10.3. The zero-order valence-corrected chi connectivity index (χ0v) is 8.62. The lowest BCUT2D eigenvalue weighted by molar-refractivity contribution is 1.12. The van der Waals surface area contributed by atoms with Crippen LogP contribution in [0.25, 0.3) is 22.3 Å². The van der Waals surface area contributed by atoms with Crippen LogP contribution < -0.4 is 0 Å². The van der Waals surface area contributed by atoms with Crippen LogP contribution in [0.1, 0.15) is 5.69 Å². The first-order chi connectivity index (χ1) is 8.36. The van der Waals surface area contributed by atoms with Crippen molar-refractivity contribution in [1.29, 1.82) is 5.26 Å². The summed E-state index contributed by atoms with van der Waals surface area (Å²) in [5.74, 6) is 0. The zero-order valence-electron chi connectivity index (χ0n) is 8.62. The predicted octanol–water partition coefficient (Wildman–Crippen LogP) is 1.29. The smallest absolute Gasteiger partial charge is 0.158 e. The van der Waals surface area contributed by atoms with Crippen molar-refractivity contribution in [2.75, 3.05) is 0 Å². The third-order valence-electron chi connectivity index (χ3n) is 2.35. The first-order valence-electron chi connectivity index (χ1n) is 4.88. The van der Waals surface area contributed by atoms with E-state index in [1.807, 2.05) is 12.1 Å². The molecule has 3 aromatic rings. The fourth-order valence-corrected chi connectivity index (χ4v) is 1.51. The molecule has 0 aliphatic carbocycles. The molecule has 6 nitrogen and oxygen atoms in total. The molecule has 0 saturated carbocycles. The monoisotopic (exact) mass is 222 g/mol. The maximum atomic E-state index is 8.63. The van der Waals surface area contributed by atoms with E-state index in [4.69, 9.17) is 5.26 Å². The van der Waals surface area contributed by atoms with Crippen LogP contribution in [-0.4, -0.2) is 25.1 Å². The number of fused-ring (bicyclic) bond motifs is 1. The van der Waals surface area contributed by atoms with Gasteiger partial charge in [-0.05, 0) is 6.07 Å². The van der Waals surface area contributed by atoms with Gasteiger partial charge in [0.2, 0.25) is 0 Å². The van der Waals surface area contributed by atoms with Crippen LogP contribution in [0.5, 0.6) is 0 Å². The van der Waals surface area contributed by atoms with Crippen LogP contribution in [-0.2, 0) is 0 Å². The maximum Gasteiger partial charge on any atom is 0.158 e. The van der Waals surface area contributed by atoms with Crippen molar-refractivity contribution in [2.24, 2.45) is 0 Å². The van der Waals surface area contributed by atoms with Gasteiger partial charge in [-0.3, -0.25) is 15.1 Å². The maximum absolute atomic E-state index is 8.63. The molecule has 0 radical (unpaired) electrons. The Morgan fingerprint density at radius 3 is 2.76 bits per heavy atom. The van der Waals surface area contributed by atoms with Crippen molar-refractivity contribution in [1.82, 2.24) is 25.1 Å². The molecule has 0 amide bonds. The van der Waals surface area contributed by atoms with Crippen LogP contribution in [0.2, 0.25) is 0 Å². The summed E-state index contributed by atoms with van der Waals surface area (Å²) >= 11 is 0. The zero-order chi connectivity index (χ0) is 11.7. The van der Waals surface area contributed by atoms with E-state index < -0.39 is 0 Å². The van der Waals surface area contributed by atoms with E-state index in [0.29, 0.717) is 11.4 Å². The third kappa shape index (κ3) is 1.59. The van der Waals surface area contributed by atoms with Gasteiger partial charge in [0, 0.05) is 11.8 Å². The molecule has 17 heavy (non-hydrogen) atoms. The Balaban J connectivity index is 2.10. The summed E-state index contributed by atoms with van der Waals surface area (Å²) in [5.41, 5.74) is 3.44. The van der Waals surface area contributed by atoms with Gasteiger partial charge in [-0.1, -0.05) is 0 Å². The lowest BCUT2D eigenvalue weighted by Gasteiger charge is -1.99. The van der Waals surface area contributed by atoms with E-state index >= 15 is 0 Å². The SMILES string of the molecule is N#Cc1cnc(-c2cnc3cn[nH]c3c2)cn1. The number of pyridine rings is 1. The molecule has 0 atom stereocenters. The second-order valence-electron chi connectivity index (χ2n) is 3.43. The fraction of sp³-hybridized carbons (Fsp3) is 0. The van der Waals surface area contributed by atoms with Gasteiger partial charge < -0.3 is 0 Å². The van der Waals surface area contributed by atoms with Gasteiger partial charge in [0.25, 0.3) is 0 Å². The molecular weight excluding hydrogens is 216 g/mol. The molecule has 0 unspecified atom stereocenters. The van der Waals surface area contributed by atoms with Gasteiger partial charge in [0.05, 0.1) is 29.8 Å². The first-order valence-corrected chi connectivity index (χ1v) is 4.88. The van der Waals surface area contributed by atoms with Crippen LogP contribution in [0.3, 0.4) is 0 Å². The number of H-pyrrole nitrogens is 1. The van der Waals surface area contributed by atoms with Crippen molar-refractivity contribution in [2.45, 2.75) is 0 Å². The largest absolute Gasteiger partial charge is 0.276 e. The third-order valence-corrected chi connectivity index (χ3v) is 2.35. The summed E-state index contributed by atoms with van der Waals surface area (Å²) in [6.07, 6.45) is 6.35. The molecule has 0 spiro atoms. The molecule has 0 saturated heterocycles. The fourth-order valence-electron chi connectivity index (χ4n) is 1.51. The summed E-state index contributed by atoms with van der Waals surface area (Å²) in [6, 6.07) is 3.82. The average molecular weight is 222 g/mol. The topological polar surface area (TPSA) is 91.1 Å². The highest BCUT2D eigenvalue weighted by molar-refractivity contribution is 5.78. The number of nitriles is 1. The molecule has 0 aromatic carbocycles. The minimum atomic E-state index is 0.296. The minimum absolute atomic E-state index is 0.296. The summed E-state index contributed by atoms with van der Waals surface area (Å²) < 4.78 is 0. The van der Waals surface area contributed by atoms with E-state index in [1.54, 1.807) is 18.6 Å². The van der Waals surface area contributed by atoms with Crippen molar-refractivity contribution in [3.8, 4) is 17.3 Å². The quantitative estimate of drug-likeness (QED) is 0.669. The lowest BCUT2D eigenvalue weighted by Crippen LogP contribution is -1.89. The Hall–Kier alpha value is -2.81. The molecule has 0 bridgehead atoms. The molecule has 3 aromatic heterocycles. The molecule has 1 N–H and O–H groups in total. The van der Waals surface area contributed by atoms with E-state index in [-0.39, 0.29) is 0 Å². The Bertz CT molecular complexity index is 707. The van der Waals surface area contributed by atoms with Gasteiger partial charge in [0.15, 0.2) is 5.69 Å². The molecular formula is C11H6N6. The summed E-state index contributed by atoms with van der Waals surface area (Å²) in [6.45, 7) is 0. The number of aromatic amines is 1. The first kappa shape index (κ1) is 9.42. The Labute approximate surface area is 96.0 Å². The molecule has 0 aliphatic rings. The molecule has 80 valence electrons. The van der Waals surface area contributed by atoms with Crippen molar-refractivity contribution in [3.05, 3.63) is 36.5 Å². The van der Waals surface area contributed by atoms with Crippen molar-refractivity contribution >= 4 is 11.0 Å². The van der Waals surface area contributed by atoms with Crippen molar-refractivity contribution in [3.63, 3.8) is 0 Å². The van der Waals surface area contributed by atoms with Gasteiger partial charge in [0.1, 0.15) is 11.6 Å². The van der Waals surface area contributed by atoms with Gasteiger partial charge in [-0.25, -0.2) is 4.98 Å². The summed E-state index contributed by atoms with van der Waals surface area (Å²) in [7, 11) is 0. The van der Waals surface area contributed by atoms with Gasteiger partial charge >= 0.3 is 0 Å². The molecule has 0 aliphatic heterocycles. The number of hydrogen-bond acceptors (Lipinski definition) is 5. The minimum Gasteiger partial charge on any atom is -0.276 e. The average Bonchev–Trinajstić information content (AvgIpc) is 2.86. The van der Waals surface area contributed by atoms with E-state index in [0.717, 1.165) is 16.6 Å². The summed E-state index contributed by atoms with van der Waals surface area (Å²) in [4.78, 5) is 12.3. The second kappa shape index (κ2) is 3.64. The van der Waals surface area contributed by atoms with Crippen LogP contribution in [0.15, 0.2) is 30.9 Å². The number of nitrogens with zero attached hydrogens (tertiary/aromatic N) is 5.